The lowest BCUT2D eigenvalue weighted by Crippen LogP contribution is -2.43. The van der Waals surface area contributed by atoms with Crippen molar-refractivity contribution < 1.29 is 23.8 Å². The van der Waals surface area contributed by atoms with Crippen LogP contribution in [-0.2, 0) is 35.6 Å². The van der Waals surface area contributed by atoms with Crippen LogP contribution in [0.2, 0.25) is 0 Å². The number of aryl methyl sites for hydroxylation is 1. The molecule has 8 nitrogen and oxygen atoms in total. The number of nitrogens with zero attached hydrogens (tertiary/aromatic N) is 3. The number of ether oxygens (including phenoxy) is 3. The minimum Gasteiger partial charge on any atom is -0.482 e. The smallest absolute Gasteiger partial charge is 0.417 e. The summed E-state index contributed by atoms with van der Waals surface area (Å²) in [6, 6.07) is 36.7. The molecule has 0 saturated carbocycles. The van der Waals surface area contributed by atoms with Crippen molar-refractivity contribution >= 4 is 12.0 Å². The molecule has 0 bridgehead atoms. The predicted octanol–water partition coefficient (Wildman–Crippen LogP) is 6.86. The molecule has 0 aliphatic carbocycles. The maximum atomic E-state index is 14.4. The van der Waals surface area contributed by atoms with Gasteiger partial charge < -0.3 is 14.2 Å². The highest BCUT2D eigenvalue weighted by atomic mass is 16.6. The Morgan fingerprint density at radius 1 is 0.804 bits per heavy atom. The molecule has 8 heteroatoms. The van der Waals surface area contributed by atoms with E-state index >= 15 is 0 Å². The molecule has 1 aromatic heterocycles. The van der Waals surface area contributed by atoms with E-state index in [0.717, 1.165) is 27.8 Å². The van der Waals surface area contributed by atoms with Crippen molar-refractivity contribution in [3.63, 3.8) is 0 Å². The third-order valence-electron chi connectivity index (χ3n) is 7.98. The number of hydrogen-bond donors (Lipinski definition) is 0. The molecule has 1 saturated heterocycles. The Morgan fingerprint density at radius 2 is 1.39 bits per heavy atom. The fraction of sp³-hybridized carbons (Fsp3) is 0.211. The molecular formula is C38H35N3O5. The fourth-order valence-corrected chi connectivity index (χ4v) is 5.52. The molecule has 1 aliphatic heterocycles. The Balaban J connectivity index is 1.34. The number of carbonyl (C=O) groups is 2. The van der Waals surface area contributed by atoms with Gasteiger partial charge in [-0.3, -0.25) is 4.79 Å². The van der Waals surface area contributed by atoms with E-state index in [0.29, 0.717) is 17.9 Å². The lowest BCUT2D eigenvalue weighted by molar-refractivity contribution is -0.130. The van der Waals surface area contributed by atoms with E-state index in [4.69, 9.17) is 14.2 Å². The molecule has 4 aromatic carbocycles. The van der Waals surface area contributed by atoms with Gasteiger partial charge in [-0.15, -0.1) is 0 Å². The van der Waals surface area contributed by atoms with Gasteiger partial charge in [0.15, 0.2) is 0 Å². The Morgan fingerprint density at radius 3 is 2.02 bits per heavy atom. The van der Waals surface area contributed by atoms with E-state index in [2.05, 4.69) is 9.97 Å². The first-order valence-corrected chi connectivity index (χ1v) is 15.3. The first-order valence-electron chi connectivity index (χ1n) is 15.3. The standard InChI is InChI=1S/C38H35N3O5/c1-27-17-19-31(20-18-27)33(37(42)41-32(25-46-38(41)43)21-28-11-5-2-6-12-28)22-34-35(44-23-29-13-7-3-8-14-29)36(40-26-39-34)45-24-30-15-9-4-10-16-30/h2-20,26,32-33H,21-25H2,1H3/t32-,33-/m0/s1. The predicted molar refractivity (Wildman–Crippen MR) is 173 cm³/mol. The summed E-state index contributed by atoms with van der Waals surface area (Å²) in [5, 5.41) is 0. The summed E-state index contributed by atoms with van der Waals surface area (Å²) in [7, 11) is 0. The Kier molecular flexibility index (Phi) is 9.63. The Bertz CT molecular complexity index is 1750. The molecule has 2 amide bonds. The topological polar surface area (TPSA) is 90.9 Å². The lowest BCUT2D eigenvalue weighted by atomic mass is 9.91. The normalized spacial score (nSPS) is 14.8. The molecular weight excluding hydrogens is 578 g/mol. The third-order valence-corrected chi connectivity index (χ3v) is 7.98. The molecule has 0 unspecified atom stereocenters. The molecule has 0 radical (unpaired) electrons. The molecule has 6 rings (SSSR count). The van der Waals surface area contributed by atoms with E-state index in [-0.39, 0.29) is 38.0 Å². The van der Waals surface area contributed by atoms with Crippen LogP contribution in [0.3, 0.4) is 0 Å². The first-order chi connectivity index (χ1) is 22.5. The maximum Gasteiger partial charge on any atom is 0.417 e. The first kappa shape index (κ1) is 30.5. The Labute approximate surface area is 268 Å². The van der Waals surface area contributed by atoms with E-state index in [9.17, 15) is 9.59 Å². The molecule has 232 valence electrons. The van der Waals surface area contributed by atoms with Crippen molar-refractivity contribution in [2.24, 2.45) is 0 Å². The van der Waals surface area contributed by atoms with Crippen LogP contribution in [0, 0.1) is 6.92 Å². The second-order valence-corrected chi connectivity index (χ2v) is 11.3. The van der Waals surface area contributed by atoms with Crippen molar-refractivity contribution in [3.8, 4) is 11.6 Å². The maximum absolute atomic E-state index is 14.4. The number of imide groups is 1. The van der Waals surface area contributed by atoms with Crippen molar-refractivity contribution in [3.05, 3.63) is 155 Å². The van der Waals surface area contributed by atoms with Crippen LogP contribution in [-0.4, -0.2) is 39.5 Å². The number of carbonyl (C=O) groups excluding carboxylic acids is 2. The number of benzene rings is 4. The monoisotopic (exact) mass is 613 g/mol. The van der Waals surface area contributed by atoms with E-state index in [1.165, 1.54) is 11.2 Å². The van der Waals surface area contributed by atoms with Gasteiger partial charge in [-0.2, -0.15) is 4.98 Å². The molecule has 1 fully saturated rings. The van der Waals surface area contributed by atoms with Crippen molar-refractivity contribution in [1.82, 2.24) is 14.9 Å². The van der Waals surface area contributed by atoms with E-state index in [1.54, 1.807) is 0 Å². The van der Waals surface area contributed by atoms with Gasteiger partial charge in [-0.1, -0.05) is 121 Å². The third kappa shape index (κ3) is 7.41. The van der Waals surface area contributed by atoms with Gasteiger partial charge in [-0.25, -0.2) is 14.7 Å². The lowest BCUT2D eigenvalue weighted by Gasteiger charge is -2.26. The highest BCUT2D eigenvalue weighted by molar-refractivity contribution is 5.97. The molecule has 2 atom stereocenters. The summed E-state index contributed by atoms with van der Waals surface area (Å²) in [6.07, 6.45) is 1.43. The average Bonchev–Trinajstić information content (AvgIpc) is 3.46. The second kappa shape index (κ2) is 14.5. The molecule has 2 heterocycles. The van der Waals surface area contributed by atoms with Gasteiger partial charge >= 0.3 is 6.09 Å². The van der Waals surface area contributed by atoms with E-state index in [1.807, 2.05) is 122 Å². The van der Waals surface area contributed by atoms with Crippen LogP contribution >= 0.6 is 0 Å². The van der Waals surface area contributed by atoms with Crippen molar-refractivity contribution in [1.29, 1.82) is 0 Å². The largest absolute Gasteiger partial charge is 0.482 e. The van der Waals surface area contributed by atoms with Crippen LogP contribution in [0.5, 0.6) is 11.6 Å². The van der Waals surface area contributed by atoms with E-state index < -0.39 is 18.1 Å². The summed E-state index contributed by atoms with van der Waals surface area (Å²) in [5.74, 6) is -0.466. The van der Waals surface area contributed by atoms with Crippen LogP contribution in [0.25, 0.3) is 0 Å². The minimum atomic E-state index is -0.750. The van der Waals surface area contributed by atoms with Gasteiger partial charge in [0, 0.05) is 6.42 Å². The van der Waals surface area contributed by atoms with Gasteiger partial charge in [0.05, 0.1) is 17.7 Å². The Hall–Kier alpha value is -5.50. The zero-order chi connectivity index (χ0) is 31.7. The molecule has 1 aliphatic rings. The van der Waals surface area contributed by atoms with Crippen LogP contribution < -0.4 is 9.47 Å². The highest BCUT2D eigenvalue weighted by Gasteiger charge is 2.41. The van der Waals surface area contributed by atoms with Crippen molar-refractivity contribution in [2.45, 2.75) is 44.9 Å². The average molecular weight is 614 g/mol. The second-order valence-electron chi connectivity index (χ2n) is 11.3. The van der Waals surface area contributed by atoms with Crippen LogP contribution in [0.1, 0.15) is 39.4 Å². The number of cyclic esters (lactones) is 1. The summed E-state index contributed by atoms with van der Waals surface area (Å²) in [4.78, 5) is 37.8. The van der Waals surface area contributed by atoms with Gasteiger partial charge in [0.2, 0.25) is 11.7 Å². The summed E-state index contributed by atoms with van der Waals surface area (Å²) in [5.41, 5.74) is 5.27. The SMILES string of the molecule is Cc1ccc([C@H](Cc2ncnc(OCc3ccccc3)c2OCc2ccccc2)C(=O)N2C(=O)OC[C@@H]2Cc2ccccc2)cc1. The highest BCUT2D eigenvalue weighted by Crippen LogP contribution is 2.35. The number of rotatable bonds is 12. The fourth-order valence-electron chi connectivity index (χ4n) is 5.52. The van der Waals surface area contributed by atoms with Crippen LogP contribution in [0.4, 0.5) is 4.79 Å². The van der Waals surface area contributed by atoms with Gasteiger partial charge in [-0.05, 0) is 35.6 Å². The quantitative estimate of drug-likeness (QED) is 0.152. The summed E-state index contributed by atoms with van der Waals surface area (Å²) < 4.78 is 18.0. The molecule has 0 spiro atoms. The summed E-state index contributed by atoms with van der Waals surface area (Å²) >= 11 is 0. The zero-order valence-corrected chi connectivity index (χ0v) is 25.6. The molecule has 5 aromatic rings. The van der Waals surface area contributed by atoms with Crippen LogP contribution in [0.15, 0.2) is 122 Å². The summed E-state index contributed by atoms with van der Waals surface area (Å²) in [6.45, 7) is 2.66. The number of aromatic nitrogens is 2. The van der Waals surface area contributed by atoms with Gasteiger partial charge in [0.1, 0.15) is 26.1 Å². The molecule has 0 N–H and O–H groups in total. The number of amides is 2. The zero-order valence-electron chi connectivity index (χ0n) is 25.6. The number of hydrogen-bond acceptors (Lipinski definition) is 7. The molecule has 46 heavy (non-hydrogen) atoms. The van der Waals surface area contributed by atoms with Crippen molar-refractivity contribution in [2.75, 3.05) is 6.61 Å². The minimum absolute atomic E-state index is 0.135. The van der Waals surface area contributed by atoms with Gasteiger partial charge in [0.25, 0.3) is 5.88 Å².